The first-order chi connectivity index (χ1) is 10.6. The second kappa shape index (κ2) is 6.60. The Bertz CT molecular complexity index is 666. The molecule has 3 heterocycles. The van der Waals surface area contributed by atoms with Crippen molar-refractivity contribution in [2.24, 2.45) is 5.73 Å². The molecule has 3 N–H and O–H groups in total. The highest BCUT2D eigenvalue weighted by atomic mass is 32.1. The zero-order valence-corrected chi connectivity index (χ0v) is 13.6. The Morgan fingerprint density at radius 3 is 2.91 bits per heavy atom. The predicted octanol–water partition coefficient (Wildman–Crippen LogP) is 2.34. The molecule has 5 nitrogen and oxygen atoms in total. The molecule has 0 bridgehead atoms. The van der Waals surface area contributed by atoms with Gasteiger partial charge in [0.1, 0.15) is 0 Å². The van der Waals surface area contributed by atoms with E-state index in [2.05, 4.69) is 39.2 Å². The number of nitrogens with two attached hydrogens (primary N) is 1. The number of urea groups is 1. The van der Waals surface area contributed by atoms with E-state index in [1.165, 1.54) is 15.3 Å². The van der Waals surface area contributed by atoms with E-state index >= 15 is 0 Å². The molecule has 116 valence electrons. The van der Waals surface area contributed by atoms with Crippen molar-refractivity contribution in [2.45, 2.75) is 18.9 Å². The van der Waals surface area contributed by atoms with Crippen LogP contribution in [0.15, 0.2) is 29.0 Å². The van der Waals surface area contributed by atoms with E-state index in [-0.39, 0.29) is 18.4 Å². The molecule has 7 heteroatoms. The minimum atomic E-state index is -0.793. The standard InChI is InChI=1S/C15H17N3O2S2/c16-15(20)17-13(19)4-7-18-6-3-11-10(5-9-22-11)14(18)12-2-1-8-21-12/h1-2,5,8-9,14H,3-4,6-7H2,(H3,16,17,19,20). The summed E-state index contributed by atoms with van der Waals surface area (Å²) in [6.45, 7) is 1.52. The number of nitrogens with one attached hydrogen (secondary N) is 1. The van der Waals surface area contributed by atoms with Gasteiger partial charge in [0, 0.05) is 29.3 Å². The van der Waals surface area contributed by atoms with Crippen LogP contribution in [0.25, 0.3) is 0 Å². The van der Waals surface area contributed by atoms with Gasteiger partial charge in [-0.25, -0.2) is 4.79 Å². The third-order valence-electron chi connectivity index (χ3n) is 3.77. The minimum absolute atomic E-state index is 0.205. The van der Waals surface area contributed by atoms with Gasteiger partial charge in [-0.05, 0) is 34.9 Å². The Balaban J connectivity index is 1.76. The fraction of sp³-hybridized carbons (Fsp3) is 0.333. The van der Waals surface area contributed by atoms with E-state index in [4.69, 9.17) is 5.73 Å². The number of carbonyl (C=O) groups excluding carboxylic acids is 2. The minimum Gasteiger partial charge on any atom is -0.351 e. The van der Waals surface area contributed by atoms with Crippen LogP contribution in [-0.4, -0.2) is 29.9 Å². The summed E-state index contributed by atoms with van der Waals surface area (Å²) >= 11 is 3.53. The number of carbonyl (C=O) groups is 2. The van der Waals surface area contributed by atoms with Gasteiger partial charge in [-0.15, -0.1) is 22.7 Å². The molecule has 0 radical (unpaired) electrons. The van der Waals surface area contributed by atoms with Crippen molar-refractivity contribution in [3.05, 3.63) is 44.3 Å². The highest BCUT2D eigenvalue weighted by molar-refractivity contribution is 7.10. The molecule has 1 aliphatic heterocycles. The van der Waals surface area contributed by atoms with Crippen molar-refractivity contribution >= 4 is 34.6 Å². The number of amides is 3. The Hall–Kier alpha value is -1.70. The van der Waals surface area contributed by atoms with E-state index < -0.39 is 6.03 Å². The molecule has 0 aromatic carbocycles. The van der Waals surface area contributed by atoms with Gasteiger partial charge in [0.25, 0.3) is 0 Å². The van der Waals surface area contributed by atoms with Crippen LogP contribution in [0.5, 0.6) is 0 Å². The van der Waals surface area contributed by atoms with Crippen molar-refractivity contribution in [3.8, 4) is 0 Å². The molecule has 0 saturated carbocycles. The lowest BCUT2D eigenvalue weighted by Gasteiger charge is -2.35. The quantitative estimate of drug-likeness (QED) is 0.900. The summed E-state index contributed by atoms with van der Waals surface area (Å²) in [6.07, 6.45) is 1.27. The van der Waals surface area contributed by atoms with Crippen LogP contribution < -0.4 is 11.1 Å². The Morgan fingerprint density at radius 2 is 2.18 bits per heavy atom. The molecule has 1 unspecified atom stereocenters. The topological polar surface area (TPSA) is 75.4 Å². The van der Waals surface area contributed by atoms with Crippen LogP contribution in [0.1, 0.15) is 27.8 Å². The van der Waals surface area contributed by atoms with Crippen LogP contribution >= 0.6 is 22.7 Å². The van der Waals surface area contributed by atoms with Gasteiger partial charge in [0.15, 0.2) is 0 Å². The maximum absolute atomic E-state index is 11.7. The second-order valence-corrected chi connectivity index (χ2v) is 7.15. The first kappa shape index (κ1) is 15.2. The first-order valence-electron chi connectivity index (χ1n) is 7.08. The molecule has 22 heavy (non-hydrogen) atoms. The molecule has 0 saturated heterocycles. The lowest BCUT2D eigenvalue weighted by molar-refractivity contribution is -0.120. The zero-order valence-electron chi connectivity index (χ0n) is 12.0. The van der Waals surface area contributed by atoms with Crippen molar-refractivity contribution in [2.75, 3.05) is 13.1 Å². The largest absolute Gasteiger partial charge is 0.351 e. The number of hydrogen-bond donors (Lipinski definition) is 2. The molecule has 3 amide bonds. The highest BCUT2D eigenvalue weighted by Gasteiger charge is 2.30. The molecule has 0 fully saturated rings. The van der Waals surface area contributed by atoms with E-state index in [1.807, 2.05) is 0 Å². The van der Waals surface area contributed by atoms with E-state index in [1.54, 1.807) is 22.7 Å². The van der Waals surface area contributed by atoms with E-state index in [0.717, 1.165) is 13.0 Å². The lowest BCUT2D eigenvalue weighted by atomic mass is 9.98. The number of hydrogen-bond acceptors (Lipinski definition) is 5. The molecule has 0 aliphatic carbocycles. The van der Waals surface area contributed by atoms with E-state index in [9.17, 15) is 9.59 Å². The average molecular weight is 335 g/mol. The number of imide groups is 1. The first-order valence-corrected chi connectivity index (χ1v) is 8.84. The highest BCUT2D eigenvalue weighted by Crippen LogP contribution is 2.39. The number of rotatable bonds is 4. The lowest BCUT2D eigenvalue weighted by Crippen LogP contribution is -2.40. The SMILES string of the molecule is NC(=O)NC(=O)CCN1CCc2sccc2C1c1cccs1. The Morgan fingerprint density at radius 1 is 1.32 bits per heavy atom. The summed E-state index contributed by atoms with van der Waals surface area (Å²) < 4.78 is 0. The summed E-state index contributed by atoms with van der Waals surface area (Å²) in [6, 6.07) is 5.78. The van der Waals surface area contributed by atoms with Crippen LogP contribution in [0, 0.1) is 0 Å². The van der Waals surface area contributed by atoms with Crippen LogP contribution in [0.2, 0.25) is 0 Å². The Kier molecular flexibility index (Phi) is 4.56. The molecular weight excluding hydrogens is 318 g/mol. The zero-order chi connectivity index (χ0) is 15.5. The molecular formula is C15H17N3O2S2. The van der Waals surface area contributed by atoms with E-state index in [0.29, 0.717) is 6.54 Å². The van der Waals surface area contributed by atoms with Crippen molar-refractivity contribution in [1.29, 1.82) is 0 Å². The fourth-order valence-corrected chi connectivity index (χ4v) is 4.61. The van der Waals surface area contributed by atoms with Gasteiger partial charge in [0.05, 0.1) is 6.04 Å². The van der Waals surface area contributed by atoms with Gasteiger partial charge in [-0.2, -0.15) is 0 Å². The van der Waals surface area contributed by atoms with Gasteiger partial charge >= 0.3 is 6.03 Å². The fourth-order valence-electron chi connectivity index (χ4n) is 2.83. The smallest absolute Gasteiger partial charge is 0.318 e. The Labute approximate surface area is 136 Å². The summed E-state index contributed by atoms with van der Waals surface area (Å²) in [7, 11) is 0. The molecule has 0 spiro atoms. The number of nitrogens with zero attached hydrogens (tertiary/aromatic N) is 1. The van der Waals surface area contributed by atoms with Crippen LogP contribution in [0.3, 0.4) is 0 Å². The van der Waals surface area contributed by atoms with Crippen molar-refractivity contribution in [3.63, 3.8) is 0 Å². The third-order valence-corrected chi connectivity index (χ3v) is 5.69. The number of thiophene rings is 2. The van der Waals surface area contributed by atoms with Crippen molar-refractivity contribution < 1.29 is 9.59 Å². The molecule has 1 atom stereocenters. The van der Waals surface area contributed by atoms with Crippen molar-refractivity contribution in [1.82, 2.24) is 10.2 Å². The second-order valence-electron chi connectivity index (χ2n) is 5.17. The maximum atomic E-state index is 11.7. The number of fused-ring (bicyclic) bond motifs is 1. The summed E-state index contributed by atoms with van der Waals surface area (Å²) in [5.41, 5.74) is 6.32. The van der Waals surface area contributed by atoms with Gasteiger partial charge in [0.2, 0.25) is 5.91 Å². The predicted molar refractivity (Wildman–Crippen MR) is 88.1 cm³/mol. The van der Waals surface area contributed by atoms with Gasteiger partial charge in [-0.3, -0.25) is 15.0 Å². The molecule has 1 aliphatic rings. The van der Waals surface area contributed by atoms with Gasteiger partial charge in [-0.1, -0.05) is 6.07 Å². The normalized spacial score (nSPS) is 17.9. The molecule has 2 aromatic heterocycles. The van der Waals surface area contributed by atoms with Crippen LogP contribution in [-0.2, 0) is 11.2 Å². The van der Waals surface area contributed by atoms with Gasteiger partial charge < -0.3 is 5.73 Å². The van der Waals surface area contributed by atoms with Crippen LogP contribution in [0.4, 0.5) is 4.79 Å². The number of primary amides is 1. The maximum Gasteiger partial charge on any atom is 0.318 e. The molecule has 3 rings (SSSR count). The monoisotopic (exact) mass is 335 g/mol. The summed E-state index contributed by atoms with van der Waals surface area (Å²) in [4.78, 5) is 27.4. The third kappa shape index (κ3) is 3.21. The summed E-state index contributed by atoms with van der Waals surface area (Å²) in [5, 5.41) is 6.33. The average Bonchev–Trinajstić information content (AvgIpc) is 3.14. The molecule has 2 aromatic rings. The summed E-state index contributed by atoms with van der Waals surface area (Å²) in [5.74, 6) is -0.325.